The van der Waals surface area contributed by atoms with Crippen LogP contribution in [0.4, 0.5) is 4.79 Å². The van der Waals surface area contributed by atoms with Crippen molar-refractivity contribution in [2.45, 2.75) is 71.6 Å². The molecule has 0 saturated heterocycles. The van der Waals surface area contributed by atoms with Crippen molar-refractivity contribution >= 4 is 6.09 Å². The number of aliphatic hydroxyl groups is 1. The average molecular weight is 243 g/mol. The van der Waals surface area contributed by atoms with Gasteiger partial charge in [0.15, 0.2) is 0 Å². The maximum Gasteiger partial charge on any atom is 0.407 e. The minimum absolute atomic E-state index is 0.192. The fourth-order valence-corrected chi connectivity index (χ4v) is 2.00. The second kappa shape index (κ2) is 4.16. The molecule has 1 fully saturated rings. The number of hydrogen-bond donors (Lipinski definition) is 2. The summed E-state index contributed by atoms with van der Waals surface area (Å²) in [5.74, 6) is 0. The summed E-state index contributed by atoms with van der Waals surface area (Å²) in [5.41, 5.74) is -1.46. The molecule has 0 radical (unpaired) electrons. The number of nitrogens with one attached hydrogen (secondary N) is 1. The van der Waals surface area contributed by atoms with E-state index in [0.29, 0.717) is 0 Å². The summed E-state index contributed by atoms with van der Waals surface area (Å²) in [4.78, 5) is 11.7. The Hall–Kier alpha value is -0.770. The molecule has 0 heterocycles. The summed E-state index contributed by atoms with van der Waals surface area (Å²) in [5, 5.41) is 13.0. The van der Waals surface area contributed by atoms with E-state index in [2.05, 4.69) is 5.32 Å². The first kappa shape index (κ1) is 14.3. The van der Waals surface area contributed by atoms with Crippen LogP contribution in [0.25, 0.3) is 0 Å². The molecule has 0 aromatic rings. The highest BCUT2D eigenvalue weighted by Gasteiger charge is 2.53. The van der Waals surface area contributed by atoms with Gasteiger partial charge in [-0.15, -0.1) is 0 Å². The van der Waals surface area contributed by atoms with Crippen LogP contribution in [-0.2, 0) is 4.74 Å². The molecule has 17 heavy (non-hydrogen) atoms. The van der Waals surface area contributed by atoms with Crippen LogP contribution in [-0.4, -0.2) is 28.4 Å². The fourth-order valence-electron chi connectivity index (χ4n) is 2.00. The van der Waals surface area contributed by atoms with Crippen LogP contribution in [0.5, 0.6) is 0 Å². The van der Waals surface area contributed by atoms with E-state index in [-0.39, 0.29) is 11.5 Å². The average Bonchev–Trinajstić information content (AvgIpc) is 2.75. The van der Waals surface area contributed by atoms with Crippen molar-refractivity contribution in [1.29, 1.82) is 0 Å². The molecule has 1 amide bonds. The SMILES string of the molecule is CC(C)(C)OC(=O)NC(C(C)(C)C)C1(O)CC1. The smallest absolute Gasteiger partial charge is 0.407 e. The lowest BCUT2D eigenvalue weighted by Gasteiger charge is -2.36. The van der Waals surface area contributed by atoms with Crippen LogP contribution in [0.15, 0.2) is 0 Å². The van der Waals surface area contributed by atoms with Gasteiger partial charge in [0.1, 0.15) is 5.60 Å². The van der Waals surface area contributed by atoms with Gasteiger partial charge in [0.05, 0.1) is 11.6 Å². The number of carbonyl (C=O) groups excluding carboxylic acids is 1. The summed E-state index contributed by atoms with van der Waals surface area (Å²) in [6.45, 7) is 11.5. The lowest BCUT2D eigenvalue weighted by atomic mass is 9.82. The third-order valence-corrected chi connectivity index (χ3v) is 2.83. The summed E-state index contributed by atoms with van der Waals surface area (Å²) in [7, 11) is 0. The van der Waals surface area contributed by atoms with E-state index in [1.165, 1.54) is 0 Å². The Kier molecular flexibility index (Phi) is 3.50. The third kappa shape index (κ3) is 4.19. The zero-order valence-electron chi connectivity index (χ0n) is 11.8. The normalized spacial score (nSPS) is 20.6. The molecular weight excluding hydrogens is 218 g/mol. The zero-order valence-corrected chi connectivity index (χ0v) is 11.8. The number of ether oxygens (including phenoxy) is 1. The summed E-state index contributed by atoms with van der Waals surface area (Å²) in [6, 6.07) is -0.273. The number of amides is 1. The van der Waals surface area contributed by atoms with Gasteiger partial charge in [-0.3, -0.25) is 0 Å². The van der Waals surface area contributed by atoms with E-state index in [4.69, 9.17) is 4.74 Å². The van der Waals surface area contributed by atoms with Gasteiger partial charge in [-0.1, -0.05) is 20.8 Å². The van der Waals surface area contributed by atoms with Gasteiger partial charge >= 0.3 is 6.09 Å². The lowest BCUT2D eigenvalue weighted by molar-refractivity contribution is 0.0188. The summed E-state index contributed by atoms with van der Waals surface area (Å²) in [6.07, 6.45) is 1.02. The van der Waals surface area contributed by atoms with Gasteiger partial charge in [-0.2, -0.15) is 0 Å². The molecule has 0 aromatic heterocycles. The molecule has 4 nitrogen and oxygen atoms in total. The molecule has 1 rings (SSSR count). The predicted octanol–water partition coefficient (Wildman–Crippen LogP) is 2.45. The number of hydrogen-bond acceptors (Lipinski definition) is 3. The van der Waals surface area contributed by atoms with Crippen LogP contribution >= 0.6 is 0 Å². The monoisotopic (exact) mass is 243 g/mol. The third-order valence-electron chi connectivity index (χ3n) is 2.83. The highest BCUT2D eigenvalue weighted by Crippen LogP contribution is 2.44. The topological polar surface area (TPSA) is 58.6 Å². The molecular formula is C13H25NO3. The maximum absolute atomic E-state index is 11.7. The van der Waals surface area contributed by atoms with Gasteiger partial charge in [0, 0.05) is 0 Å². The largest absolute Gasteiger partial charge is 0.444 e. The van der Waals surface area contributed by atoms with Crippen molar-refractivity contribution in [1.82, 2.24) is 5.32 Å². The molecule has 100 valence electrons. The Morgan fingerprint density at radius 1 is 1.24 bits per heavy atom. The van der Waals surface area contributed by atoms with Gasteiger partial charge in [-0.05, 0) is 39.0 Å². The quantitative estimate of drug-likeness (QED) is 0.783. The van der Waals surface area contributed by atoms with E-state index in [1.54, 1.807) is 0 Å². The molecule has 0 spiro atoms. The molecule has 1 saturated carbocycles. The summed E-state index contributed by atoms with van der Waals surface area (Å²) < 4.78 is 5.23. The van der Waals surface area contributed by atoms with Gasteiger partial charge in [-0.25, -0.2) is 4.79 Å². The Morgan fingerprint density at radius 2 is 1.71 bits per heavy atom. The Morgan fingerprint density at radius 3 is 2.00 bits per heavy atom. The zero-order chi connectivity index (χ0) is 13.5. The maximum atomic E-state index is 11.7. The molecule has 1 aliphatic carbocycles. The van der Waals surface area contributed by atoms with Crippen LogP contribution in [0.1, 0.15) is 54.4 Å². The first-order valence-corrected chi connectivity index (χ1v) is 6.16. The second-order valence-corrected chi connectivity index (χ2v) is 7.05. The minimum Gasteiger partial charge on any atom is -0.444 e. The van der Waals surface area contributed by atoms with Crippen molar-refractivity contribution < 1.29 is 14.6 Å². The van der Waals surface area contributed by atoms with Gasteiger partial charge in [0.25, 0.3) is 0 Å². The van der Waals surface area contributed by atoms with E-state index >= 15 is 0 Å². The van der Waals surface area contributed by atoms with E-state index in [9.17, 15) is 9.90 Å². The summed E-state index contributed by atoms with van der Waals surface area (Å²) >= 11 is 0. The molecule has 4 heteroatoms. The minimum atomic E-state index is -0.755. The van der Waals surface area contributed by atoms with Crippen molar-refractivity contribution in [3.05, 3.63) is 0 Å². The van der Waals surface area contributed by atoms with Crippen LogP contribution < -0.4 is 5.32 Å². The lowest BCUT2D eigenvalue weighted by Crippen LogP contribution is -2.53. The van der Waals surface area contributed by atoms with E-state index in [0.717, 1.165) is 12.8 Å². The van der Waals surface area contributed by atoms with Crippen LogP contribution in [0.2, 0.25) is 0 Å². The highest BCUT2D eigenvalue weighted by atomic mass is 16.6. The molecule has 0 aromatic carbocycles. The van der Waals surface area contributed by atoms with E-state index in [1.807, 2.05) is 41.5 Å². The van der Waals surface area contributed by atoms with Crippen molar-refractivity contribution in [3.63, 3.8) is 0 Å². The van der Waals surface area contributed by atoms with Crippen LogP contribution in [0.3, 0.4) is 0 Å². The standard InChI is InChI=1S/C13H25NO3/c1-11(2,3)9(13(16)7-8-13)14-10(15)17-12(4,5)6/h9,16H,7-8H2,1-6H3,(H,14,15). The molecule has 2 N–H and O–H groups in total. The van der Waals surface area contributed by atoms with Gasteiger partial charge < -0.3 is 15.2 Å². The second-order valence-electron chi connectivity index (χ2n) is 7.05. The fraction of sp³-hybridized carbons (Fsp3) is 0.923. The molecule has 0 bridgehead atoms. The molecule has 1 unspecified atom stereocenters. The Bertz CT molecular complexity index is 290. The predicted molar refractivity (Wildman–Crippen MR) is 66.8 cm³/mol. The number of rotatable bonds is 2. The van der Waals surface area contributed by atoms with Crippen LogP contribution in [0, 0.1) is 5.41 Å². The Labute approximate surface area is 104 Å². The van der Waals surface area contributed by atoms with Crippen molar-refractivity contribution in [3.8, 4) is 0 Å². The van der Waals surface area contributed by atoms with Crippen molar-refractivity contribution in [2.75, 3.05) is 0 Å². The first-order valence-electron chi connectivity index (χ1n) is 6.16. The van der Waals surface area contributed by atoms with E-state index < -0.39 is 17.3 Å². The molecule has 1 aliphatic rings. The molecule has 1 atom stereocenters. The number of carbonyl (C=O) groups is 1. The number of alkyl carbamates (subject to hydrolysis) is 1. The van der Waals surface area contributed by atoms with Gasteiger partial charge in [0.2, 0.25) is 0 Å². The first-order chi connectivity index (χ1) is 7.44. The van der Waals surface area contributed by atoms with Crippen molar-refractivity contribution in [2.24, 2.45) is 5.41 Å². The Balaban J connectivity index is 2.66. The highest BCUT2D eigenvalue weighted by molar-refractivity contribution is 5.68. The molecule has 0 aliphatic heterocycles.